The van der Waals surface area contributed by atoms with Crippen molar-refractivity contribution in [2.45, 2.75) is 26.7 Å². The van der Waals surface area contributed by atoms with Crippen molar-refractivity contribution in [3.63, 3.8) is 0 Å². The van der Waals surface area contributed by atoms with Crippen LogP contribution in [0.3, 0.4) is 0 Å². The summed E-state index contributed by atoms with van der Waals surface area (Å²) in [7, 11) is 0. The molecule has 78 valence electrons. The lowest BCUT2D eigenvalue weighted by Gasteiger charge is -2.01. The van der Waals surface area contributed by atoms with Gasteiger partial charge in [0.2, 0.25) is 0 Å². The molecular weight excluding hydrogens is 200 g/mol. The Kier molecular flexibility index (Phi) is 2.92. The molecule has 0 radical (unpaired) electrons. The van der Waals surface area contributed by atoms with E-state index in [-0.39, 0.29) is 0 Å². The smallest absolute Gasteiger partial charge is 0.0348 e. The fourth-order valence-electron chi connectivity index (χ4n) is 1.81. The Morgan fingerprint density at radius 3 is 2.27 bits per heavy atom. The van der Waals surface area contributed by atoms with Crippen LogP contribution in [0.4, 0.5) is 0 Å². The lowest BCUT2D eigenvalue weighted by atomic mass is 10.0. The highest BCUT2D eigenvalue weighted by Crippen LogP contribution is 2.34. The normalized spacial score (nSPS) is 10.9. The Hall–Kier alpha value is -1.08. The SMILES string of the molecule is Cc1sc(-c2ccccc2)cc1C(C)C. The maximum atomic E-state index is 2.33. The van der Waals surface area contributed by atoms with Crippen LogP contribution in [0, 0.1) is 6.92 Å². The summed E-state index contributed by atoms with van der Waals surface area (Å²) in [4.78, 5) is 2.83. The van der Waals surface area contributed by atoms with Gasteiger partial charge >= 0.3 is 0 Å². The number of hydrogen-bond donors (Lipinski definition) is 0. The molecule has 1 aromatic carbocycles. The second kappa shape index (κ2) is 4.19. The van der Waals surface area contributed by atoms with Gasteiger partial charge in [-0.25, -0.2) is 0 Å². The number of thiophene rings is 1. The minimum atomic E-state index is 0.624. The molecule has 0 bridgehead atoms. The maximum absolute atomic E-state index is 2.33. The molecule has 1 aromatic heterocycles. The van der Waals surface area contributed by atoms with E-state index >= 15 is 0 Å². The third kappa shape index (κ3) is 2.13. The predicted molar refractivity (Wildman–Crippen MR) is 68.6 cm³/mol. The zero-order valence-electron chi connectivity index (χ0n) is 9.45. The molecule has 0 atom stereocenters. The van der Waals surface area contributed by atoms with Crippen LogP contribution in [0.25, 0.3) is 10.4 Å². The van der Waals surface area contributed by atoms with Crippen molar-refractivity contribution in [2.75, 3.05) is 0 Å². The van der Waals surface area contributed by atoms with Gasteiger partial charge in [0.1, 0.15) is 0 Å². The quantitative estimate of drug-likeness (QED) is 0.673. The average molecular weight is 216 g/mol. The third-order valence-corrected chi connectivity index (χ3v) is 3.75. The Morgan fingerprint density at radius 1 is 1.07 bits per heavy atom. The fraction of sp³-hybridized carbons (Fsp3) is 0.286. The number of benzene rings is 1. The number of hydrogen-bond acceptors (Lipinski definition) is 1. The van der Waals surface area contributed by atoms with Crippen LogP contribution in [0.2, 0.25) is 0 Å². The highest BCUT2D eigenvalue weighted by molar-refractivity contribution is 7.15. The molecule has 0 aliphatic carbocycles. The minimum Gasteiger partial charge on any atom is -0.140 e. The van der Waals surface area contributed by atoms with Crippen LogP contribution in [0.1, 0.15) is 30.2 Å². The van der Waals surface area contributed by atoms with E-state index in [4.69, 9.17) is 0 Å². The van der Waals surface area contributed by atoms with Crippen LogP contribution in [-0.2, 0) is 0 Å². The van der Waals surface area contributed by atoms with Crippen molar-refractivity contribution in [1.82, 2.24) is 0 Å². The Balaban J connectivity index is 2.43. The molecule has 0 aliphatic heterocycles. The molecule has 0 aliphatic rings. The molecule has 15 heavy (non-hydrogen) atoms. The molecule has 0 N–H and O–H groups in total. The van der Waals surface area contributed by atoms with E-state index in [1.54, 1.807) is 0 Å². The van der Waals surface area contributed by atoms with E-state index in [9.17, 15) is 0 Å². The first-order chi connectivity index (χ1) is 7.18. The molecular formula is C14H16S. The topological polar surface area (TPSA) is 0 Å². The first-order valence-corrected chi connectivity index (χ1v) is 6.16. The molecule has 2 rings (SSSR count). The molecule has 0 spiro atoms. The number of rotatable bonds is 2. The summed E-state index contributed by atoms with van der Waals surface area (Å²) in [5.74, 6) is 0.624. The van der Waals surface area contributed by atoms with Crippen molar-refractivity contribution in [2.24, 2.45) is 0 Å². The highest BCUT2D eigenvalue weighted by atomic mass is 32.1. The van der Waals surface area contributed by atoms with Gasteiger partial charge in [-0.1, -0.05) is 44.2 Å². The summed E-state index contributed by atoms with van der Waals surface area (Å²) in [5, 5.41) is 0. The van der Waals surface area contributed by atoms with Gasteiger partial charge in [0, 0.05) is 9.75 Å². The zero-order valence-corrected chi connectivity index (χ0v) is 10.3. The second-order valence-electron chi connectivity index (χ2n) is 4.14. The van der Waals surface area contributed by atoms with E-state index in [2.05, 4.69) is 57.2 Å². The fourth-order valence-corrected chi connectivity index (χ4v) is 3.00. The van der Waals surface area contributed by atoms with E-state index in [0.717, 1.165) is 0 Å². The largest absolute Gasteiger partial charge is 0.140 e. The van der Waals surface area contributed by atoms with Crippen LogP contribution in [0.15, 0.2) is 36.4 Å². The maximum Gasteiger partial charge on any atom is 0.0348 e. The lowest BCUT2D eigenvalue weighted by Crippen LogP contribution is -1.84. The van der Waals surface area contributed by atoms with Crippen LogP contribution >= 0.6 is 11.3 Å². The molecule has 0 amide bonds. The molecule has 0 fully saturated rings. The van der Waals surface area contributed by atoms with Crippen molar-refractivity contribution in [3.05, 3.63) is 46.8 Å². The van der Waals surface area contributed by atoms with Crippen LogP contribution < -0.4 is 0 Å². The summed E-state index contributed by atoms with van der Waals surface area (Å²) in [6.07, 6.45) is 0. The highest BCUT2D eigenvalue weighted by Gasteiger charge is 2.09. The van der Waals surface area contributed by atoms with E-state index in [1.807, 2.05) is 11.3 Å². The van der Waals surface area contributed by atoms with Gasteiger partial charge in [-0.3, -0.25) is 0 Å². The lowest BCUT2D eigenvalue weighted by molar-refractivity contribution is 0.865. The Bertz CT molecular complexity index is 438. The monoisotopic (exact) mass is 216 g/mol. The summed E-state index contributed by atoms with van der Waals surface area (Å²) in [5.41, 5.74) is 2.82. The average Bonchev–Trinajstić information content (AvgIpc) is 2.62. The van der Waals surface area contributed by atoms with Crippen molar-refractivity contribution in [3.8, 4) is 10.4 Å². The Labute approximate surface area is 95.6 Å². The molecule has 1 heterocycles. The van der Waals surface area contributed by atoms with Gasteiger partial charge in [-0.15, -0.1) is 11.3 Å². The van der Waals surface area contributed by atoms with Gasteiger partial charge in [0.05, 0.1) is 0 Å². The van der Waals surface area contributed by atoms with E-state index < -0.39 is 0 Å². The molecule has 0 nitrogen and oxygen atoms in total. The van der Waals surface area contributed by atoms with Crippen molar-refractivity contribution >= 4 is 11.3 Å². The van der Waals surface area contributed by atoms with Crippen molar-refractivity contribution in [1.29, 1.82) is 0 Å². The van der Waals surface area contributed by atoms with Gasteiger partial charge < -0.3 is 0 Å². The Morgan fingerprint density at radius 2 is 1.73 bits per heavy atom. The third-order valence-electron chi connectivity index (χ3n) is 2.64. The summed E-state index contributed by atoms with van der Waals surface area (Å²) >= 11 is 1.90. The first kappa shape index (κ1) is 10.4. The van der Waals surface area contributed by atoms with Crippen LogP contribution in [0.5, 0.6) is 0 Å². The summed E-state index contributed by atoms with van der Waals surface area (Å²) in [6, 6.07) is 12.9. The molecule has 0 unspecified atom stereocenters. The summed E-state index contributed by atoms with van der Waals surface area (Å²) in [6.45, 7) is 6.72. The molecule has 1 heteroatoms. The first-order valence-electron chi connectivity index (χ1n) is 5.34. The standard InChI is InChI=1S/C14H16S/c1-10(2)13-9-14(15-11(13)3)12-7-5-4-6-8-12/h4-10H,1-3H3. The molecule has 0 saturated carbocycles. The molecule has 2 aromatic rings. The molecule has 0 saturated heterocycles. The van der Waals surface area contributed by atoms with Gasteiger partial charge in [-0.2, -0.15) is 0 Å². The van der Waals surface area contributed by atoms with Crippen molar-refractivity contribution < 1.29 is 0 Å². The zero-order chi connectivity index (χ0) is 10.8. The van der Waals surface area contributed by atoms with Gasteiger partial charge in [0.15, 0.2) is 0 Å². The van der Waals surface area contributed by atoms with Gasteiger partial charge in [0.25, 0.3) is 0 Å². The number of aryl methyl sites for hydroxylation is 1. The van der Waals surface area contributed by atoms with Crippen LogP contribution in [-0.4, -0.2) is 0 Å². The van der Waals surface area contributed by atoms with Gasteiger partial charge in [-0.05, 0) is 30.0 Å². The summed E-state index contributed by atoms with van der Waals surface area (Å²) < 4.78 is 0. The minimum absolute atomic E-state index is 0.624. The second-order valence-corrected chi connectivity index (χ2v) is 5.40. The predicted octanol–water partition coefficient (Wildman–Crippen LogP) is 4.85. The van der Waals surface area contributed by atoms with E-state index in [1.165, 1.54) is 20.9 Å². The van der Waals surface area contributed by atoms with E-state index in [0.29, 0.717) is 5.92 Å².